The monoisotopic (exact) mass is 513 g/mol. The number of aryl methyl sites for hydroxylation is 1. The van der Waals surface area contributed by atoms with Crippen LogP contribution in [0.25, 0.3) is 10.9 Å². The summed E-state index contributed by atoms with van der Waals surface area (Å²) < 4.78 is 0. The van der Waals surface area contributed by atoms with E-state index < -0.39 is 29.9 Å². The van der Waals surface area contributed by atoms with Crippen molar-refractivity contribution in [3.05, 3.63) is 108 Å². The highest BCUT2D eigenvalue weighted by atomic mass is 16.5. The van der Waals surface area contributed by atoms with Crippen LogP contribution in [0.4, 0.5) is 0 Å². The van der Waals surface area contributed by atoms with Crippen LogP contribution in [0.5, 0.6) is 0 Å². The average Bonchev–Trinajstić information content (AvgIpc) is 3.39. The maximum absolute atomic E-state index is 13.7. The summed E-state index contributed by atoms with van der Waals surface area (Å²) in [4.78, 5) is 42.4. The molecule has 1 heterocycles. The minimum Gasteiger partial charge on any atom is -0.382 e. The molecule has 0 fully saturated rings. The first kappa shape index (κ1) is 26.8. The molecule has 0 bridgehead atoms. The van der Waals surface area contributed by atoms with Gasteiger partial charge < -0.3 is 15.4 Å². The summed E-state index contributed by atoms with van der Waals surface area (Å²) in [5.74, 6) is -3.17. The van der Waals surface area contributed by atoms with Gasteiger partial charge in [-0.1, -0.05) is 78.9 Å². The van der Waals surface area contributed by atoms with Gasteiger partial charge in [0.2, 0.25) is 5.91 Å². The number of benzene rings is 3. The molecule has 4 rings (SSSR count). The Morgan fingerprint density at radius 1 is 0.816 bits per heavy atom. The van der Waals surface area contributed by atoms with Crippen molar-refractivity contribution < 1.29 is 24.7 Å². The van der Waals surface area contributed by atoms with Crippen LogP contribution in [0.3, 0.4) is 0 Å². The molecule has 0 saturated heterocycles. The summed E-state index contributed by atoms with van der Waals surface area (Å²) in [5.41, 5.74) is 4.57. The molecule has 5 N–H and O–H groups in total. The number of fused-ring (bicyclic) bond motifs is 1. The number of aromatic nitrogens is 1. The zero-order valence-corrected chi connectivity index (χ0v) is 20.8. The highest BCUT2D eigenvalue weighted by molar-refractivity contribution is 6.11. The molecule has 38 heavy (non-hydrogen) atoms. The standard InChI is InChI=1S/C30H31N3O5/c34-27(24-19-31-25-17-8-7-15-22(24)25)26(18-21-12-5-2-6-13-21)32-29(36)23(28(35)30(37)33-38)16-9-14-20-10-3-1-4-11-20/h1-8,10-13,15,17,19,23,26,28,31,35,38H,9,14,16,18H2,(H,32,36)(H,33,37)/t23-,26-,28-/m0/s1. The third kappa shape index (κ3) is 6.53. The van der Waals surface area contributed by atoms with Crippen molar-refractivity contribution in [1.82, 2.24) is 15.8 Å². The molecular weight excluding hydrogens is 482 g/mol. The predicted octanol–water partition coefficient (Wildman–Crippen LogP) is 3.58. The highest BCUT2D eigenvalue weighted by Gasteiger charge is 2.34. The van der Waals surface area contributed by atoms with E-state index in [0.29, 0.717) is 18.4 Å². The van der Waals surface area contributed by atoms with Gasteiger partial charge >= 0.3 is 0 Å². The number of Topliss-reactive ketones (excluding diaryl/α,β-unsaturated/α-hetero) is 1. The van der Waals surface area contributed by atoms with Crippen LogP contribution in [-0.2, 0) is 22.4 Å². The minimum absolute atomic E-state index is 0.175. The lowest BCUT2D eigenvalue weighted by Crippen LogP contribution is -2.50. The fourth-order valence-electron chi connectivity index (χ4n) is 4.65. The normalized spacial score (nSPS) is 13.4. The number of ketones is 1. The Kier molecular flexibility index (Phi) is 9.02. The Morgan fingerprint density at radius 2 is 1.45 bits per heavy atom. The molecule has 0 aliphatic carbocycles. The van der Waals surface area contributed by atoms with E-state index in [9.17, 15) is 19.5 Å². The molecule has 196 valence electrons. The number of carbonyl (C=O) groups is 3. The van der Waals surface area contributed by atoms with Gasteiger partial charge in [-0.15, -0.1) is 0 Å². The van der Waals surface area contributed by atoms with E-state index >= 15 is 0 Å². The van der Waals surface area contributed by atoms with Crippen LogP contribution in [0, 0.1) is 5.92 Å². The number of hydroxylamine groups is 1. The molecule has 0 aliphatic rings. The van der Waals surface area contributed by atoms with Crippen molar-refractivity contribution >= 4 is 28.5 Å². The molecule has 0 radical (unpaired) electrons. The second-order valence-electron chi connectivity index (χ2n) is 9.27. The van der Waals surface area contributed by atoms with Crippen molar-refractivity contribution in [2.24, 2.45) is 5.92 Å². The zero-order chi connectivity index (χ0) is 26.9. The van der Waals surface area contributed by atoms with Crippen LogP contribution in [0.15, 0.2) is 91.1 Å². The Hall–Kier alpha value is -4.27. The molecular formula is C30H31N3O5. The molecule has 0 unspecified atom stereocenters. The summed E-state index contributed by atoms with van der Waals surface area (Å²) in [6, 6.07) is 25.4. The quantitative estimate of drug-likeness (QED) is 0.112. The largest absolute Gasteiger partial charge is 0.382 e. The van der Waals surface area contributed by atoms with Crippen molar-refractivity contribution in [2.45, 2.75) is 37.8 Å². The van der Waals surface area contributed by atoms with Gasteiger partial charge in [0.25, 0.3) is 5.91 Å². The fraction of sp³-hybridized carbons (Fsp3) is 0.233. The first-order valence-electron chi connectivity index (χ1n) is 12.6. The number of carbonyl (C=O) groups excluding carboxylic acids is 3. The second-order valence-corrected chi connectivity index (χ2v) is 9.27. The number of nitrogens with one attached hydrogen (secondary N) is 3. The van der Waals surface area contributed by atoms with Gasteiger partial charge in [0.05, 0.1) is 12.0 Å². The number of aromatic amines is 1. The highest BCUT2D eigenvalue weighted by Crippen LogP contribution is 2.22. The van der Waals surface area contributed by atoms with Crippen LogP contribution >= 0.6 is 0 Å². The van der Waals surface area contributed by atoms with E-state index in [2.05, 4.69) is 10.3 Å². The van der Waals surface area contributed by atoms with Crippen LogP contribution < -0.4 is 10.8 Å². The number of hydrogen-bond donors (Lipinski definition) is 5. The summed E-state index contributed by atoms with van der Waals surface area (Å²) in [7, 11) is 0. The molecule has 2 amide bonds. The molecule has 4 aromatic rings. The summed E-state index contributed by atoms with van der Waals surface area (Å²) in [6.07, 6.45) is 1.40. The first-order chi connectivity index (χ1) is 18.5. The zero-order valence-electron chi connectivity index (χ0n) is 20.8. The lowest BCUT2D eigenvalue weighted by molar-refractivity contribution is -0.146. The van der Waals surface area contributed by atoms with E-state index in [-0.39, 0.29) is 18.6 Å². The van der Waals surface area contributed by atoms with E-state index in [1.807, 2.05) is 84.9 Å². The summed E-state index contributed by atoms with van der Waals surface area (Å²) in [6.45, 7) is 0. The van der Waals surface area contributed by atoms with Crippen molar-refractivity contribution in [1.29, 1.82) is 0 Å². The Balaban J connectivity index is 1.57. The molecule has 0 saturated carbocycles. The lowest BCUT2D eigenvalue weighted by atomic mass is 9.91. The molecule has 0 spiro atoms. The van der Waals surface area contributed by atoms with Crippen LogP contribution in [0.1, 0.15) is 34.3 Å². The number of para-hydroxylation sites is 1. The fourth-order valence-corrected chi connectivity index (χ4v) is 4.65. The molecule has 8 nitrogen and oxygen atoms in total. The molecule has 3 aromatic carbocycles. The second kappa shape index (κ2) is 12.8. The SMILES string of the molecule is O=C(c1c[nH]c2ccccc12)[C@H](Cc1ccccc1)NC(=O)[C@@H](CCCc1ccccc1)[C@H](O)C(=O)NO. The maximum atomic E-state index is 13.7. The van der Waals surface area contributed by atoms with Crippen LogP contribution in [0.2, 0.25) is 0 Å². The van der Waals surface area contributed by atoms with Gasteiger partial charge in [-0.2, -0.15) is 0 Å². The van der Waals surface area contributed by atoms with Crippen molar-refractivity contribution in [2.75, 3.05) is 0 Å². The van der Waals surface area contributed by atoms with E-state index in [1.165, 1.54) is 5.48 Å². The number of H-pyrrole nitrogens is 1. The van der Waals surface area contributed by atoms with E-state index in [0.717, 1.165) is 22.0 Å². The average molecular weight is 514 g/mol. The number of aliphatic hydroxyl groups is 1. The minimum atomic E-state index is -1.78. The summed E-state index contributed by atoms with van der Waals surface area (Å²) >= 11 is 0. The van der Waals surface area contributed by atoms with Gasteiger partial charge in [-0.3, -0.25) is 19.6 Å². The molecule has 1 aromatic heterocycles. The number of aliphatic hydroxyl groups excluding tert-OH is 1. The third-order valence-corrected chi connectivity index (χ3v) is 6.69. The van der Waals surface area contributed by atoms with Crippen LogP contribution in [-0.4, -0.2) is 45.0 Å². The summed E-state index contributed by atoms with van der Waals surface area (Å²) in [5, 5.41) is 23.2. The van der Waals surface area contributed by atoms with Gasteiger partial charge in [0.1, 0.15) is 6.10 Å². The van der Waals surface area contributed by atoms with Gasteiger partial charge in [0, 0.05) is 29.1 Å². The van der Waals surface area contributed by atoms with Crippen molar-refractivity contribution in [3.8, 4) is 0 Å². The topological polar surface area (TPSA) is 132 Å². The van der Waals surface area contributed by atoms with Gasteiger partial charge in [-0.05, 0) is 36.5 Å². The number of amides is 2. The maximum Gasteiger partial charge on any atom is 0.272 e. The Labute approximate surface area is 220 Å². The smallest absolute Gasteiger partial charge is 0.272 e. The van der Waals surface area contributed by atoms with E-state index in [4.69, 9.17) is 5.21 Å². The van der Waals surface area contributed by atoms with Gasteiger partial charge in [0.15, 0.2) is 5.78 Å². The number of rotatable bonds is 12. The van der Waals surface area contributed by atoms with Crippen molar-refractivity contribution in [3.63, 3.8) is 0 Å². The lowest BCUT2D eigenvalue weighted by Gasteiger charge is -2.24. The molecule has 0 aliphatic heterocycles. The van der Waals surface area contributed by atoms with Gasteiger partial charge in [-0.25, -0.2) is 5.48 Å². The van der Waals surface area contributed by atoms with E-state index in [1.54, 1.807) is 6.20 Å². The molecule has 3 atom stereocenters. The number of hydrogen-bond acceptors (Lipinski definition) is 5. The Bertz CT molecular complexity index is 1370. The third-order valence-electron chi connectivity index (χ3n) is 6.69. The molecule has 8 heteroatoms. The predicted molar refractivity (Wildman–Crippen MR) is 144 cm³/mol. The first-order valence-corrected chi connectivity index (χ1v) is 12.6. The Morgan fingerprint density at radius 3 is 2.13 bits per heavy atom.